The Balaban J connectivity index is 2.03. The Morgan fingerprint density at radius 1 is 1.40 bits per heavy atom. The quantitative estimate of drug-likeness (QED) is 0.582. The van der Waals surface area contributed by atoms with Gasteiger partial charge in [-0.3, -0.25) is 10.1 Å². The predicted octanol–water partition coefficient (Wildman–Crippen LogP) is 3.70. The van der Waals surface area contributed by atoms with Crippen LogP contribution in [0.1, 0.15) is 44.6 Å². The lowest BCUT2D eigenvalue weighted by Gasteiger charge is -2.30. The molecule has 1 aromatic carbocycles. The van der Waals surface area contributed by atoms with Crippen LogP contribution in [0.25, 0.3) is 0 Å². The normalized spacial score (nSPS) is 16.6. The van der Waals surface area contributed by atoms with Gasteiger partial charge in [0, 0.05) is 17.7 Å². The van der Waals surface area contributed by atoms with Crippen molar-refractivity contribution < 1.29 is 4.92 Å². The van der Waals surface area contributed by atoms with Crippen LogP contribution in [0.15, 0.2) is 24.3 Å². The highest BCUT2D eigenvalue weighted by Crippen LogP contribution is 2.31. The summed E-state index contributed by atoms with van der Waals surface area (Å²) in [5.74, 6) is 0.812. The summed E-state index contributed by atoms with van der Waals surface area (Å²) in [7, 11) is 0. The number of rotatable bonds is 8. The van der Waals surface area contributed by atoms with E-state index in [9.17, 15) is 10.1 Å². The van der Waals surface area contributed by atoms with Gasteiger partial charge in [-0.15, -0.1) is 0 Å². The molecule has 1 aliphatic carbocycles. The molecule has 0 radical (unpaired) electrons. The van der Waals surface area contributed by atoms with Crippen molar-refractivity contribution >= 4 is 5.69 Å². The Kier molecular flexibility index (Phi) is 5.53. The molecule has 110 valence electrons. The fourth-order valence-corrected chi connectivity index (χ4v) is 2.85. The minimum Gasteiger partial charge on any atom is -0.314 e. The molecule has 20 heavy (non-hydrogen) atoms. The fourth-order valence-electron chi connectivity index (χ4n) is 2.85. The summed E-state index contributed by atoms with van der Waals surface area (Å²) in [6, 6.07) is 7.49. The number of hydrogen-bond donors (Lipinski definition) is 1. The maximum Gasteiger partial charge on any atom is 0.272 e. The van der Waals surface area contributed by atoms with Gasteiger partial charge in [-0.25, -0.2) is 0 Å². The molecule has 0 bridgehead atoms. The van der Waals surface area contributed by atoms with Gasteiger partial charge in [0.05, 0.1) is 4.92 Å². The summed E-state index contributed by atoms with van der Waals surface area (Å²) in [6.45, 7) is 3.14. The van der Waals surface area contributed by atoms with E-state index < -0.39 is 0 Å². The summed E-state index contributed by atoms with van der Waals surface area (Å²) in [6.07, 6.45) is 6.98. The topological polar surface area (TPSA) is 55.2 Å². The van der Waals surface area contributed by atoms with Crippen LogP contribution in [0.2, 0.25) is 0 Å². The molecule has 1 N–H and O–H groups in total. The largest absolute Gasteiger partial charge is 0.314 e. The lowest BCUT2D eigenvalue weighted by atomic mass is 9.79. The Morgan fingerprint density at radius 2 is 2.15 bits per heavy atom. The standard InChI is InChI=1S/C16H24N2O2/c1-2-10-17-15(11-13-6-5-7-13)12-14-8-3-4-9-16(14)18(19)20/h3-4,8-9,13,15,17H,2,5-7,10-12H2,1H3. The number of nitrogens with zero attached hydrogens (tertiary/aromatic N) is 1. The van der Waals surface area contributed by atoms with Gasteiger partial charge in [0.25, 0.3) is 5.69 Å². The molecule has 1 unspecified atom stereocenters. The summed E-state index contributed by atoms with van der Waals surface area (Å²) in [4.78, 5) is 10.8. The second kappa shape index (κ2) is 7.39. The molecule has 4 heteroatoms. The first-order valence-electron chi connectivity index (χ1n) is 7.66. The average molecular weight is 276 g/mol. The molecular weight excluding hydrogens is 252 g/mol. The Bertz CT molecular complexity index is 444. The Labute approximate surface area is 120 Å². The molecule has 1 saturated carbocycles. The second-order valence-electron chi connectivity index (χ2n) is 5.77. The van der Waals surface area contributed by atoms with Crippen LogP contribution in [-0.4, -0.2) is 17.5 Å². The van der Waals surface area contributed by atoms with Crippen molar-refractivity contribution in [3.05, 3.63) is 39.9 Å². The second-order valence-corrected chi connectivity index (χ2v) is 5.77. The summed E-state index contributed by atoms with van der Waals surface area (Å²) in [5, 5.41) is 14.7. The highest BCUT2D eigenvalue weighted by Gasteiger charge is 2.24. The van der Waals surface area contributed by atoms with Gasteiger partial charge in [0.1, 0.15) is 0 Å². The van der Waals surface area contributed by atoms with Crippen molar-refractivity contribution in [2.24, 2.45) is 5.92 Å². The molecule has 0 aromatic heterocycles. The molecule has 0 spiro atoms. The Morgan fingerprint density at radius 3 is 2.75 bits per heavy atom. The number of nitrogens with one attached hydrogen (secondary N) is 1. The number of benzene rings is 1. The van der Waals surface area contributed by atoms with E-state index in [2.05, 4.69) is 12.2 Å². The first kappa shape index (κ1) is 15.0. The van der Waals surface area contributed by atoms with Crippen molar-refractivity contribution in [2.45, 2.75) is 51.5 Å². The third-order valence-electron chi connectivity index (χ3n) is 4.18. The third kappa shape index (κ3) is 4.04. The molecule has 1 fully saturated rings. The molecule has 2 rings (SSSR count). The van der Waals surface area contributed by atoms with Crippen LogP contribution in [0.4, 0.5) is 5.69 Å². The Hall–Kier alpha value is -1.42. The number of nitro benzene ring substituents is 1. The highest BCUT2D eigenvalue weighted by atomic mass is 16.6. The lowest BCUT2D eigenvalue weighted by Crippen LogP contribution is -2.35. The molecule has 4 nitrogen and oxygen atoms in total. The minimum absolute atomic E-state index is 0.254. The smallest absolute Gasteiger partial charge is 0.272 e. The van der Waals surface area contributed by atoms with Crippen LogP contribution in [-0.2, 0) is 6.42 Å². The van der Waals surface area contributed by atoms with Crippen molar-refractivity contribution in [3.63, 3.8) is 0 Å². The van der Waals surface area contributed by atoms with Crippen molar-refractivity contribution in [1.29, 1.82) is 0 Å². The molecule has 0 aliphatic heterocycles. The fraction of sp³-hybridized carbons (Fsp3) is 0.625. The van der Waals surface area contributed by atoms with E-state index in [-0.39, 0.29) is 10.6 Å². The lowest BCUT2D eigenvalue weighted by molar-refractivity contribution is -0.385. The number of nitro groups is 1. The van der Waals surface area contributed by atoms with Crippen LogP contribution >= 0.6 is 0 Å². The van der Waals surface area contributed by atoms with Crippen LogP contribution in [0.5, 0.6) is 0 Å². The van der Waals surface area contributed by atoms with Crippen LogP contribution < -0.4 is 5.32 Å². The van der Waals surface area contributed by atoms with E-state index in [4.69, 9.17) is 0 Å². The van der Waals surface area contributed by atoms with Gasteiger partial charge < -0.3 is 5.32 Å². The molecular formula is C16H24N2O2. The van der Waals surface area contributed by atoms with Gasteiger partial charge in [-0.05, 0) is 31.7 Å². The average Bonchev–Trinajstić information content (AvgIpc) is 2.40. The molecule has 1 atom stereocenters. The van der Waals surface area contributed by atoms with Crippen LogP contribution in [0, 0.1) is 16.0 Å². The predicted molar refractivity (Wildman–Crippen MR) is 80.8 cm³/mol. The zero-order chi connectivity index (χ0) is 14.4. The zero-order valence-corrected chi connectivity index (χ0v) is 12.2. The number of hydrogen-bond acceptors (Lipinski definition) is 3. The maximum absolute atomic E-state index is 11.1. The number of para-hydroxylation sites is 1. The van der Waals surface area contributed by atoms with Gasteiger partial charge in [-0.2, -0.15) is 0 Å². The van der Waals surface area contributed by atoms with Crippen molar-refractivity contribution in [1.82, 2.24) is 5.32 Å². The molecule has 0 saturated heterocycles. The van der Waals surface area contributed by atoms with E-state index >= 15 is 0 Å². The SMILES string of the molecule is CCCNC(Cc1ccccc1[N+](=O)[O-])CC1CCC1. The third-order valence-corrected chi connectivity index (χ3v) is 4.18. The molecule has 1 aliphatic rings. The van der Waals surface area contributed by atoms with Gasteiger partial charge in [0.15, 0.2) is 0 Å². The minimum atomic E-state index is -0.268. The van der Waals surface area contributed by atoms with Gasteiger partial charge >= 0.3 is 0 Å². The van der Waals surface area contributed by atoms with E-state index in [1.807, 2.05) is 12.1 Å². The van der Waals surface area contributed by atoms with Gasteiger partial charge in [0.2, 0.25) is 0 Å². The molecule has 1 aromatic rings. The van der Waals surface area contributed by atoms with Gasteiger partial charge in [-0.1, -0.05) is 44.4 Å². The van der Waals surface area contributed by atoms with E-state index in [1.54, 1.807) is 12.1 Å². The first-order chi connectivity index (χ1) is 9.70. The van der Waals surface area contributed by atoms with E-state index in [0.717, 1.165) is 37.3 Å². The van der Waals surface area contributed by atoms with Crippen LogP contribution in [0.3, 0.4) is 0 Å². The van der Waals surface area contributed by atoms with E-state index in [0.29, 0.717) is 6.04 Å². The summed E-state index contributed by atoms with van der Waals surface area (Å²) in [5.41, 5.74) is 1.11. The highest BCUT2D eigenvalue weighted by molar-refractivity contribution is 5.40. The summed E-state index contributed by atoms with van der Waals surface area (Å²) < 4.78 is 0. The maximum atomic E-state index is 11.1. The molecule has 0 heterocycles. The zero-order valence-electron chi connectivity index (χ0n) is 12.2. The van der Waals surface area contributed by atoms with Crippen molar-refractivity contribution in [3.8, 4) is 0 Å². The molecule has 0 amide bonds. The first-order valence-corrected chi connectivity index (χ1v) is 7.66. The van der Waals surface area contributed by atoms with Crippen molar-refractivity contribution in [2.75, 3.05) is 6.54 Å². The van der Waals surface area contributed by atoms with E-state index in [1.165, 1.54) is 19.3 Å². The monoisotopic (exact) mass is 276 g/mol. The summed E-state index contributed by atoms with van der Waals surface area (Å²) >= 11 is 0.